The Kier molecular flexibility index (Phi) is 6.81. The maximum Gasteiger partial charge on any atom is 0.325 e. The average molecular weight is 490 g/mol. The van der Waals surface area contributed by atoms with E-state index in [0.29, 0.717) is 24.5 Å². The molecule has 0 atom stereocenters. The second-order valence-corrected chi connectivity index (χ2v) is 9.53. The van der Waals surface area contributed by atoms with Gasteiger partial charge in [0.25, 0.3) is 5.91 Å². The highest BCUT2D eigenvalue weighted by Gasteiger charge is 2.25. The van der Waals surface area contributed by atoms with E-state index in [1.54, 1.807) is 30.7 Å². The van der Waals surface area contributed by atoms with Crippen LogP contribution in [0.5, 0.6) is 0 Å². The molecule has 3 heterocycles. The molecule has 3 aromatic heterocycles. The van der Waals surface area contributed by atoms with Gasteiger partial charge in [0.15, 0.2) is 0 Å². The van der Waals surface area contributed by atoms with Crippen molar-refractivity contribution < 1.29 is 18.7 Å². The summed E-state index contributed by atoms with van der Waals surface area (Å²) < 4.78 is 12.4. The van der Waals surface area contributed by atoms with Crippen molar-refractivity contribution in [3.63, 3.8) is 0 Å². The number of aryl methyl sites for hydroxylation is 1. The molecule has 8 heteroatoms. The summed E-state index contributed by atoms with van der Waals surface area (Å²) in [7, 11) is 0. The monoisotopic (exact) mass is 489 g/mol. The Labute approximate surface area is 207 Å². The molecule has 7 nitrogen and oxygen atoms in total. The third-order valence-corrected chi connectivity index (χ3v) is 7.33. The predicted octanol–water partition coefficient (Wildman–Crippen LogP) is 5.42. The Morgan fingerprint density at radius 3 is 2.89 bits per heavy atom. The molecule has 4 aromatic rings. The summed E-state index contributed by atoms with van der Waals surface area (Å²) in [6.07, 6.45) is 9.39. The third-order valence-electron chi connectivity index (χ3n) is 6.13. The fraction of sp³-hybridized carbons (Fsp3) is 0.296. The van der Waals surface area contributed by atoms with E-state index in [9.17, 15) is 9.59 Å². The van der Waals surface area contributed by atoms with Crippen LogP contribution in [-0.2, 0) is 35.5 Å². The summed E-state index contributed by atoms with van der Waals surface area (Å²) in [5.74, 6) is 0.304. The number of carbonyl (C=O) groups is 2. The number of furan rings is 1. The molecule has 1 N–H and O–H groups in total. The number of ether oxygens (including phenoxy) is 1. The van der Waals surface area contributed by atoms with Crippen LogP contribution in [-0.4, -0.2) is 29.3 Å². The molecule has 1 aromatic carbocycles. The maximum absolute atomic E-state index is 13.2. The maximum atomic E-state index is 13.2. The molecule has 0 fully saturated rings. The molecular formula is C27H27N3O4S. The lowest BCUT2D eigenvalue weighted by atomic mass is 9.95. The van der Waals surface area contributed by atoms with Crippen LogP contribution in [0.1, 0.15) is 51.9 Å². The lowest BCUT2D eigenvalue weighted by Crippen LogP contribution is -2.23. The standard InChI is InChI=1S/C27H27N3O4S/c1-2-33-24(31)17-30-16-18(20-9-3-5-11-22(20)30)14-29-27-25(21-10-4-6-12-23(21)35-27)26(32)28-15-19-8-7-13-34-19/h3,5,7-9,11,13-14,16H,2,4,6,10,12,15,17H2,1H3,(H,28,32). The molecule has 5 rings (SSSR count). The summed E-state index contributed by atoms with van der Waals surface area (Å²) in [5, 5.41) is 4.70. The van der Waals surface area contributed by atoms with Crippen LogP contribution in [0.2, 0.25) is 0 Å². The molecule has 0 saturated heterocycles. The molecular weight excluding hydrogens is 462 g/mol. The zero-order chi connectivity index (χ0) is 24.2. The zero-order valence-electron chi connectivity index (χ0n) is 19.6. The lowest BCUT2D eigenvalue weighted by Gasteiger charge is -2.12. The van der Waals surface area contributed by atoms with Gasteiger partial charge in [-0.05, 0) is 56.4 Å². The van der Waals surface area contributed by atoms with Crippen LogP contribution >= 0.6 is 11.3 Å². The highest BCUT2D eigenvalue weighted by molar-refractivity contribution is 7.16. The first-order chi connectivity index (χ1) is 17.1. The van der Waals surface area contributed by atoms with Gasteiger partial charge in [-0.25, -0.2) is 4.99 Å². The number of hydrogen-bond acceptors (Lipinski definition) is 6. The van der Waals surface area contributed by atoms with E-state index in [1.807, 2.05) is 47.2 Å². The van der Waals surface area contributed by atoms with Gasteiger partial charge < -0.3 is 19.0 Å². The predicted molar refractivity (Wildman–Crippen MR) is 137 cm³/mol. The number of rotatable bonds is 8. The van der Waals surface area contributed by atoms with Crippen molar-refractivity contribution in [2.24, 2.45) is 4.99 Å². The van der Waals surface area contributed by atoms with E-state index in [0.717, 1.165) is 52.7 Å². The van der Waals surface area contributed by atoms with Gasteiger partial charge in [0.05, 0.1) is 25.0 Å². The molecule has 0 spiro atoms. The van der Waals surface area contributed by atoms with Gasteiger partial charge >= 0.3 is 5.97 Å². The van der Waals surface area contributed by atoms with Crippen LogP contribution in [0.25, 0.3) is 10.9 Å². The molecule has 1 aliphatic rings. The number of carbonyl (C=O) groups excluding carboxylic acids is 2. The SMILES string of the molecule is CCOC(=O)Cn1cc(C=Nc2sc3c(c2C(=O)NCc2ccco2)CCCC3)c2ccccc21. The lowest BCUT2D eigenvalue weighted by molar-refractivity contribution is -0.143. The number of hydrogen-bond donors (Lipinski definition) is 1. The molecule has 1 aliphatic carbocycles. The van der Waals surface area contributed by atoms with Crippen molar-refractivity contribution >= 4 is 45.3 Å². The van der Waals surface area contributed by atoms with Gasteiger partial charge in [-0.3, -0.25) is 9.59 Å². The molecule has 0 radical (unpaired) electrons. The first-order valence-corrected chi connectivity index (χ1v) is 12.7. The summed E-state index contributed by atoms with van der Waals surface area (Å²) in [6, 6.07) is 11.5. The number of thiophene rings is 1. The van der Waals surface area contributed by atoms with Gasteiger partial charge in [0.1, 0.15) is 17.3 Å². The smallest absolute Gasteiger partial charge is 0.325 e. The number of benzene rings is 1. The van der Waals surface area contributed by atoms with Crippen molar-refractivity contribution in [1.29, 1.82) is 0 Å². The van der Waals surface area contributed by atoms with Gasteiger partial charge in [-0.1, -0.05) is 18.2 Å². The fourth-order valence-electron chi connectivity index (χ4n) is 4.53. The van der Waals surface area contributed by atoms with Gasteiger partial charge in [0.2, 0.25) is 0 Å². The first-order valence-electron chi connectivity index (χ1n) is 11.9. The molecule has 1 amide bonds. The zero-order valence-corrected chi connectivity index (χ0v) is 20.4. The summed E-state index contributed by atoms with van der Waals surface area (Å²) in [5.41, 5.74) is 3.61. The van der Waals surface area contributed by atoms with Gasteiger partial charge in [0, 0.05) is 33.8 Å². The highest BCUT2D eigenvalue weighted by Crippen LogP contribution is 2.40. The van der Waals surface area contributed by atoms with Crippen molar-refractivity contribution in [3.05, 3.63) is 76.2 Å². The number of esters is 1. The molecule has 0 saturated carbocycles. The second kappa shape index (κ2) is 10.3. The Hall–Kier alpha value is -3.65. The van der Waals surface area contributed by atoms with Crippen molar-refractivity contribution in [1.82, 2.24) is 9.88 Å². The second-order valence-electron chi connectivity index (χ2n) is 8.45. The topological polar surface area (TPSA) is 85.8 Å². The highest BCUT2D eigenvalue weighted by atomic mass is 32.1. The molecule has 35 heavy (non-hydrogen) atoms. The fourth-order valence-corrected chi connectivity index (χ4v) is 5.76. The number of aromatic nitrogens is 1. The summed E-state index contributed by atoms with van der Waals surface area (Å²) >= 11 is 1.60. The first kappa shape index (κ1) is 23.1. The average Bonchev–Trinajstić information content (AvgIpc) is 3.59. The minimum atomic E-state index is -0.279. The van der Waals surface area contributed by atoms with E-state index in [2.05, 4.69) is 5.32 Å². The summed E-state index contributed by atoms with van der Waals surface area (Å²) in [6.45, 7) is 2.61. The number of amides is 1. The number of nitrogens with one attached hydrogen (secondary N) is 1. The van der Waals surface area contributed by atoms with Crippen molar-refractivity contribution in [2.45, 2.75) is 45.7 Å². The van der Waals surface area contributed by atoms with E-state index >= 15 is 0 Å². The Balaban J connectivity index is 1.46. The van der Waals surface area contributed by atoms with E-state index < -0.39 is 0 Å². The Morgan fingerprint density at radius 1 is 1.20 bits per heavy atom. The van der Waals surface area contributed by atoms with E-state index in [1.165, 1.54) is 4.88 Å². The Morgan fingerprint density at radius 2 is 2.06 bits per heavy atom. The normalized spacial score (nSPS) is 13.3. The van der Waals surface area contributed by atoms with Crippen LogP contribution in [0, 0.1) is 0 Å². The van der Waals surface area contributed by atoms with Crippen LogP contribution < -0.4 is 5.32 Å². The van der Waals surface area contributed by atoms with E-state index in [-0.39, 0.29) is 18.4 Å². The quantitative estimate of drug-likeness (QED) is 0.265. The third kappa shape index (κ3) is 4.93. The molecule has 0 bridgehead atoms. The largest absolute Gasteiger partial charge is 0.467 e. The van der Waals surface area contributed by atoms with Gasteiger partial charge in [-0.15, -0.1) is 11.3 Å². The van der Waals surface area contributed by atoms with Crippen LogP contribution in [0.4, 0.5) is 5.00 Å². The number of para-hydroxylation sites is 1. The number of fused-ring (bicyclic) bond motifs is 2. The molecule has 0 aliphatic heterocycles. The van der Waals surface area contributed by atoms with E-state index in [4.69, 9.17) is 14.1 Å². The minimum absolute atomic E-state index is 0.127. The van der Waals surface area contributed by atoms with Crippen molar-refractivity contribution in [2.75, 3.05) is 6.61 Å². The van der Waals surface area contributed by atoms with Crippen LogP contribution in [0.3, 0.4) is 0 Å². The molecule has 180 valence electrons. The van der Waals surface area contributed by atoms with Gasteiger partial charge in [-0.2, -0.15) is 0 Å². The van der Waals surface area contributed by atoms with Crippen molar-refractivity contribution in [3.8, 4) is 0 Å². The number of nitrogens with zero attached hydrogens (tertiary/aromatic N) is 2. The Bertz CT molecular complexity index is 1380. The van der Waals surface area contributed by atoms with Crippen LogP contribution in [0.15, 0.2) is 58.3 Å². The molecule has 0 unspecified atom stereocenters. The minimum Gasteiger partial charge on any atom is -0.467 e. The summed E-state index contributed by atoms with van der Waals surface area (Å²) in [4.78, 5) is 31.4. The number of aliphatic imine (C=N–C) groups is 1.